The molecule has 0 fully saturated rings. The summed E-state index contributed by atoms with van der Waals surface area (Å²) in [4.78, 5) is 21.4. The lowest BCUT2D eigenvalue weighted by Gasteiger charge is -2.15. The minimum Gasteiger partial charge on any atom is -0.479 e. The van der Waals surface area contributed by atoms with Crippen molar-refractivity contribution >= 4 is 11.9 Å². The van der Waals surface area contributed by atoms with Gasteiger partial charge in [0.2, 0.25) is 5.91 Å². The number of rotatable bonds is 5. The van der Waals surface area contributed by atoms with Gasteiger partial charge in [0.25, 0.3) is 0 Å². The molecule has 1 amide bonds. The number of hydrogen-bond donors (Lipinski definition) is 4. The molecule has 5 N–H and O–H groups in total. The Bertz CT molecular complexity index is 217. The lowest BCUT2D eigenvalue weighted by molar-refractivity contribution is -0.146. The molecule has 6 nitrogen and oxygen atoms in total. The van der Waals surface area contributed by atoms with Gasteiger partial charge in [-0.25, -0.2) is 4.79 Å². The monoisotopic (exact) mass is 204 g/mol. The summed E-state index contributed by atoms with van der Waals surface area (Å²) >= 11 is 0. The molecule has 6 heteroatoms. The van der Waals surface area contributed by atoms with E-state index in [9.17, 15) is 9.59 Å². The number of amides is 1. The summed E-state index contributed by atoms with van der Waals surface area (Å²) in [6.07, 6.45) is -1.58. The van der Waals surface area contributed by atoms with Crippen LogP contribution in [0.25, 0.3) is 0 Å². The average molecular weight is 204 g/mol. The molecule has 2 atom stereocenters. The zero-order valence-corrected chi connectivity index (χ0v) is 8.23. The third-order valence-corrected chi connectivity index (χ3v) is 1.78. The summed E-state index contributed by atoms with van der Waals surface area (Å²) in [7, 11) is 0. The van der Waals surface area contributed by atoms with E-state index in [2.05, 4.69) is 5.32 Å². The Kier molecular flexibility index (Phi) is 5.11. The lowest BCUT2D eigenvalue weighted by atomic mass is 10.1. The number of hydrogen-bond acceptors (Lipinski definition) is 4. The predicted molar refractivity (Wildman–Crippen MR) is 49.5 cm³/mol. The van der Waals surface area contributed by atoms with Gasteiger partial charge in [-0.05, 0) is 5.92 Å². The van der Waals surface area contributed by atoms with E-state index in [0.29, 0.717) is 0 Å². The van der Waals surface area contributed by atoms with Gasteiger partial charge in [0.15, 0.2) is 6.10 Å². The zero-order chi connectivity index (χ0) is 11.3. The van der Waals surface area contributed by atoms with Crippen molar-refractivity contribution in [2.45, 2.75) is 26.0 Å². The van der Waals surface area contributed by atoms with E-state index >= 15 is 0 Å². The van der Waals surface area contributed by atoms with Crippen molar-refractivity contribution in [2.24, 2.45) is 11.7 Å². The first-order valence-corrected chi connectivity index (χ1v) is 4.30. The van der Waals surface area contributed by atoms with E-state index < -0.39 is 24.0 Å². The number of aliphatic hydroxyl groups is 1. The van der Waals surface area contributed by atoms with Crippen LogP contribution in [0.2, 0.25) is 0 Å². The molecule has 0 rings (SSSR count). The Hall–Kier alpha value is -1.14. The number of nitrogens with one attached hydrogen (secondary N) is 1. The van der Waals surface area contributed by atoms with Crippen LogP contribution in [0.1, 0.15) is 13.8 Å². The van der Waals surface area contributed by atoms with Crippen LogP contribution in [0.5, 0.6) is 0 Å². The fourth-order valence-corrected chi connectivity index (χ4v) is 0.705. The molecule has 0 aromatic rings. The number of carboxylic acid groups (broad SMARTS) is 1. The second-order valence-corrected chi connectivity index (χ2v) is 3.37. The van der Waals surface area contributed by atoms with Gasteiger partial charge in [-0.3, -0.25) is 4.79 Å². The molecule has 14 heavy (non-hydrogen) atoms. The quantitative estimate of drug-likeness (QED) is 0.437. The Morgan fingerprint density at radius 1 is 1.43 bits per heavy atom. The maximum Gasteiger partial charge on any atom is 0.334 e. The van der Waals surface area contributed by atoms with Crippen molar-refractivity contribution in [1.82, 2.24) is 5.32 Å². The van der Waals surface area contributed by atoms with Gasteiger partial charge in [-0.2, -0.15) is 0 Å². The third-order valence-electron chi connectivity index (χ3n) is 1.78. The Morgan fingerprint density at radius 2 is 1.93 bits per heavy atom. The maximum atomic E-state index is 11.2. The van der Waals surface area contributed by atoms with E-state index in [1.807, 2.05) is 0 Å². The predicted octanol–water partition coefficient (Wildman–Crippen LogP) is -1.47. The van der Waals surface area contributed by atoms with Crippen LogP contribution in [-0.4, -0.2) is 40.8 Å². The highest BCUT2D eigenvalue weighted by Crippen LogP contribution is 1.97. The molecule has 0 unspecified atom stereocenters. The summed E-state index contributed by atoms with van der Waals surface area (Å²) in [5, 5.41) is 19.4. The lowest BCUT2D eigenvalue weighted by Crippen LogP contribution is -2.47. The summed E-state index contributed by atoms with van der Waals surface area (Å²) in [6.45, 7) is 3.23. The molecule has 0 aliphatic heterocycles. The summed E-state index contributed by atoms with van der Waals surface area (Å²) < 4.78 is 0. The summed E-state index contributed by atoms with van der Waals surface area (Å²) in [6, 6.07) is -0.684. The summed E-state index contributed by atoms with van der Waals surface area (Å²) in [5.74, 6) is -1.86. The van der Waals surface area contributed by atoms with Gasteiger partial charge >= 0.3 is 5.97 Å². The third kappa shape index (κ3) is 4.20. The normalized spacial score (nSPS) is 14.9. The smallest absolute Gasteiger partial charge is 0.334 e. The van der Waals surface area contributed by atoms with Crippen LogP contribution in [-0.2, 0) is 9.59 Å². The van der Waals surface area contributed by atoms with E-state index in [1.54, 1.807) is 13.8 Å². The number of carbonyl (C=O) groups is 2. The number of aliphatic carboxylic acids is 1. The SMILES string of the molecule is CC(C)[C@@H](N)C(=O)NC[C@H](O)C(=O)O. The zero-order valence-electron chi connectivity index (χ0n) is 8.23. The molecule has 0 saturated carbocycles. The van der Waals surface area contributed by atoms with Crippen molar-refractivity contribution < 1.29 is 19.8 Å². The molecule has 0 aromatic carbocycles. The van der Waals surface area contributed by atoms with Crippen molar-refractivity contribution in [3.8, 4) is 0 Å². The van der Waals surface area contributed by atoms with Crippen LogP contribution in [0.4, 0.5) is 0 Å². The first-order chi connectivity index (χ1) is 6.36. The second kappa shape index (κ2) is 5.56. The van der Waals surface area contributed by atoms with Crippen LogP contribution in [0.15, 0.2) is 0 Å². The largest absolute Gasteiger partial charge is 0.479 e. The minimum atomic E-state index is -1.58. The highest BCUT2D eigenvalue weighted by Gasteiger charge is 2.19. The number of carbonyl (C=O) groups excluding carboxylic acids is 1. The average Bonchev–Trinajstić information content (AvgIpc) is 2.11. The first kappa shape index (κ1) is 12.9. The molecule has 0 radical (unpaired) electrons. The maximum absolute atomic E-state index is 11.2. The second-order valence-electron chi connectivity index (χ2n) is 3.37. The highest BCUT2D eigenvalue weighted by atomic mass is 16.4. The van der Waals surface area contributed by atoms with Gasteiger partial charge in [0.05, 0.1) is 12.6 Å². The molecule has 0 aliphatic carbocycles. The van der Waals surface area contributed by atoms with Crippen LogP contribution >= 0.6 is 0 Å². The first-order valence-electron chi connectivity index (χ1n) is 4.30. The number of carboxylic acids is 1. The highest BCUT2D eigenvalue weighted by molar-refractivity contribution is 5.82. The fraction of sp³-hybridized carbons (Fsp3) is 0.750. The molecule has 0 saturated heterocycles. The Morgan fingerprint density at radius 3 is 2.29 bits per heavy atom. The van der Waals surface area contributed by atoms with Crippen molar-refractivity contribution in [3.05, 3.63) is 0 Å². The Labute approximate surface area is 82.1 Å². The van der Waals surface area contributed by atoms with Crippen LogP contribution < -0.4 is 11.1 Å². The molecular weight excluding hydrogens is 188 g/mol. The van der Waals surface area contributed by atoms with Crippen molar-refractivity contribution in [2.75, 3.05) is 6.54 Å². The number of aliphatic hydroxyl groups excluding tert-OH is 1. The standard InChI is InChI=1S/C8H16N2O4/c1-4(2)6(9)7(12)10-3-5(11)8(13)14/h4-6,11H,3,9H2,1-2H3,(H,10,12)(H,13,14)/t5-,6+/m0/s1. The van der Waals surface area contributed by atoms with Gasteiger partial charge < -0.3 is 21.3 Å². The molecule has 0 heterocycles. The topological polar surface area (TPSA) is 113 Å². The van der Waals surface area contributed by atoms with Crippen molar-refractivity contribution in [1.29, 1.82) is 0 Å². The number of nitrogens with two attached hydrogens (primary N) is 1. The minimum absolute atomic E-state index is 0.0306. The van der Waals surface area contributed by atoms with Gasteiger partial charge in [-0.1, -0.05) is 13.8 Å². The van der Waals surface area contributed by atoms with Gasteiger partial charge in [-0.15, -0.1) is 0 Å². The molecule has 0 bridgehead atoms. The molecule has 0 aliphatic rings. The van der Waals surface area contributed by atoms with Gasteiger partial charge in [0.1, 0.15) is 0 Å². The van der Waals surface area contributed by atoms with Gasteiger partial charge in [0, 0.05) is 0 Å². The van der Waals surface area contributed by atoms with E-state index in [0.717, 1.165) is 0 Å². The van der Waals surface area contributed by atoms with Crippen LogP contribution in [0, 0.1) is 5.92 Å². The van der Waals surface area contributed by atoms with Crippen LogP contribution in [0.3, 0.4) is 0 Å². The van der Waals surface area contributed by atoms with Crippen molar-refractivity contribution in [3.63, 3.8) is 0 Å². The summed E-state index contributed by atoms with van der Waals surface area (Å²) in [5.41, 5.74) is 5.48. The molecular formula is C8H16N2O4. The molecule has 0 aromatic heterocycles. The molecule has 82 valence electrons. The molecule has 0 spiro atoms. The van der Waals surface area contributed by atoms with E-state index in [-0.39, 0.29) is 12.5 Å². The van der Waals surface area contributed by atoms with E-state index in [1.165, 1.54) is 0 Å². The Balaban J connectivity index is 3.91. The fourth-order valence-electron chi connectivity index (χ4n) is 0.705. The van der Waals surface area contributed by atoms with E-state index in [4.69, 9.17) is 15.9 Å².